The Morgan fingerprint density at radius 1 is 0.750 bits per heavy atom. The first-order chi connectivity index (χ1) is 13.4. The third-order valence-electron chi connectivity index (χ3n) is 5.52. The Kier molecular flexibility index (Phi) is 18.0. The van der Waals surface area contributed by atoms with Crippen LogP contribution in [0.2, 0.25) is 0 Å². The lowest BCUT2D eigenvalue weighted by molar-refractivity contribution is -0.151. The molecule has 4 nitrogen and oxygen atoms in total. The maximum absolute atomic E-state index is 12.6. The lowest BCUT2D eigenvalue weighted by Gasteiger charge is -2.27. The SMILES string of the molecule is CCCCCCCCC(CCCCCCC)OC(=O)CC(CN(C)C)N(C)C. The van der Waals surface area contributed by atoms with Crippen molar-refractivity contribution >= 4 is 5.97 Å². The highest BCUT2D eigenvalue weighted by Gasteiger charge is 2.21. The fraction of sp³-hybridized carbons (Fsp3) is 0.958. The average molecular weight is 399 g/mol. The number of carbonyl (C=O) groups excluding carboxylic acids is 1. The van der Waals surface area contributed by atoms with E-state index in [9.17, 15) is 4.79 Å². The number of ether oxygens (including phenoxy) is 1. The molecule has 0 heterocycles. The minimum Gasteiger partial charge on any atom is -0.462 e. The van der Waals surface area contributed by atoms with Crippen LogP contribution in [0, 0.1) is 0 Å². The highest BCUT2D eigenvalue weighted by Crippen LogP contribution is 2.18. The zero-order chi connectivity index (χ0) is 21.2. The van der Waals surface area contributed by atoms with Gasteiger partial charge in [0.2, 0.25) is 0 Å². The molecule has 0 saturated heterocycles. The van der Waals surface area contributed by atoms with Gasteiger partial charge in [0.25, 0.3) is 0 Å². The molecule has 0 amide bonds. The number of carbonyl (C=O) groups is 1. The molecule has 0 spiro atoms. The van der Waals surface area contributed by atoms with Gasteiger partial charge in [0.05, 0.1) is 6.42 Å². The first-order valence-electron chi connectivity index (χ1n) is 11.9. The van der Waals surface area contributed by atoms with Crippen LogP contribution in [-0.4, -0.2) is 62.7 Å². The molecule has 0 fully saturated rings. The zero-order valence-corrected chi connectivity index (χ0v) is 20.0. The molecule has 0 bridgehead atoms. The van der Waals surface area contributed by atoms with Crippen molar-refractivity contribution in [2.45, 2.75) is 116 Å². The van der Waals surface area contributed by atoms with Crippen LogP contribution >= 0.6 is 0 Å². The smallest absolute Gasteiger partial charge is 0.307 e. The molecule has 0 rings (SSSR count). The van der Waals surface area contributed by atoms with E-state index in [0.29, 0.717) is 6.42 Å². The fourth-order valence-electron chi connectivity index (χ4n) is 3.65. The summed E-state index contributed by atoms with van der Waals surface area (Å²) in [5.74, 6) is -0.0231. The molecule has 0 aromatic carbocycles. The molecule has 0 saturated carbocycles. The summed E-state index contributed by atoms with van der Waals surface area (Å²) in [4.78, 5) is 16.9. The number of unbranched alkanes of at least 4 members (excludes halogenated alkanes) is 9. The molecule has 4 heteroatoms. The highest BCUT2D eigenvalue weighted by atomic mass is 16.5. The Balaban J connectivity index is 4.42. The molecule has 28 heavy (non-hydrogen) atoms. The van der Waals surface area contributed by atoms with Crippen molar-refractivity contribution in [1.82, 2.24) is 9.80 Å². The Labute approximate surface area is 176 Å². The van der Waals surface area contributed by atoms with Gasteiger partial charge in [-0.15, -0.1) is 0 Å². The van der Waals surface area contributed by atoms with E-state index in [4.69, 9.17) is 4.74 Å². The Hall–Kier alpha value is -0.610. The van der Waals surface area contributed by atoms with Gasteiger partial charge in [-0.3, -0.25) is 4.79 Å². The van der Waals surface area contributed by atoms with Gasteiger partial charge < -0.3 is 14.5 Å². The van der Waals surface area contributed by atoms with Crippen molar-refractivity contribution < 1.29 is 9.53 Å². The molecular formula is C24H50N2O2. The first-order valence-corrected chi connectivity index (χ1v) is 11.9. The minimum absolute atomic E-state index is 0.0231. The monoisotopic (exact) mass is 398 g/mol. The molecule has 0 N–H and O–H groups in total. The maximum atomic E-state index is 12.6. The van der Waals surface area contributed by atoms with Gasteiger partial charge >= 0.3 is 5.97 Å². The summed E-state index contributed by atoms with van der Waals surface area (Å²) in [5, 5.41) is 0. The minimum atomic E-state index is -0.0231. The lowest BCUT2D eigenvalue weighted by Crippen LogP contribution is -2.39. The summed E-state index contributed by atoms with van der Waals surface area (Å²) in [6.45, 7) is 5.38. The van der Waals surface area contributed by atoms with Crippen LogP contribution in [-0.2, 0) is 9.53 Å². The van der Waals surface area contributed by atoms with Crippen molar-refractivity contribution in [3.8, 4) is 0 Å². The van der Waals surface area contributed by atoms with Gasteiger partial charge in [-0.05, 0) is 53.9 Å². The molecule has 2 unspecified atom stereocenters. The summed E-state index contributed by atoms with van der Waals surface area (Å²) < 4.78 is 5.96. The first kappa shape index (κ1) is 27.4. The van der Waals surface area contributed by atoms with E-state index < -0.39 is 0 Å². The number of hydrogen-bond donors (Lipinski definition) is 0. The second kappa shape index (κ2) is 18.4. The maximum Gasteiger partial charge on any atom is 0.307 e. The highest BCUT2D eigenvalue weighted by molar-refractivity contribution is 5.70. The van der Waals surface area contributed by atoms with Crippen molar-refractivity contribution in [2.24, 2.45) is 0 Å². The number of esters is 1. The molecule has 0 aromatic rings. The molecular weight excluding hydrogens is 348 g/mol. The summed E-state index contributed by atoms with van der Waals surface area (Å²) in [6, 6.07) is 0.210. The molecule has 168 valence electrons. The van der Waals surface area contributed by atoms with E-state index in [1.165, 1.54) is 70.6 Å². The second-order valence-electron chi connectivity index (χ2n) is 8.96. The third-order valence-corrected chi connectivity index (χ3v) is 5.52. The Bertz CT molecular complexity index is 359. The van der Waals surface area contributed by atoms with Crippen LogP contribution in [0.15, 0.2) is 0 Å². The van der Waals surface area contributed by atoms with Gasteiger partial charge in [-0.1, -0.05) is 71.6 Å². The topological polar surface area (TPSA) is 32.8 Å². The number of nitrogens with zero attached hydrogens (tertiary/aromatic N) is 2. The van der Waals surface area contributed by atoms with Gasteiger partial charge in [-0.25, -0.2) is 0 Å². The molecule has 0 aromatic heterocycles. The quantitative estimate of drug-likeness (QED) is 0.201. The molecule has 0 aliphatic carbocycles. The predicted octanol–water partition coefficient (Wildman–Crippen LogP) is 5.89. The van der Waals surface area contributed by atoms with Gasteiger partial charge in [0.1, 0.15) is 6.10 Å². The molecule has 0 radical (unpaired) electrons. The van der Waals surface area contributed by atoms with Gasteiger partial charge in [0, 0.05) is 12.6 Å². The van der Waals surface area contributed by atoms with E-state index in [1.807, 2.05) is 14.1 Å². The van der Waals surface area contributed by atoms with Gasteiger partial charge in [0.15, 0.2) is 0 Å². The lowest BCUT2D eigenvalue weighted by atomic mass is 10.0. The Morgan fingerprint density at radius 3 is 1.64 bits per heavy atom. The van der Waals surface area contributed by atoms with Crippen LogP contribution in [0.25, 0.3) is 0 Å². The van der Waals surface area contributed by atoms with E-state index >= 15 is 0 Å². The average Bonchev–Trinajstić information content (AvgIpc) is 2.63. The van der Waals surface area contributed by atoms with Crippen molar-refractivity contribution in [3.63, 3.8) is 0 Å². The van der Waals surface area contributed by atoms with Gasteiger partial charge in [-0.2, -0.15) is 0 Å². The van der Waals surface area contributed by atoms with Crippen LogP contribution in [0.3, 0.4) is 0 Å². The van der Waals surface area contributed by atoms with E-state index in [1.54, 1.807) is 0 Å². The van der Waals surface area contributed by atoms with Crippen LogP contribution < -0.4 is 0 Å². The van der Waals surface area contributed by atoms with Crippen molar-refractivity contribution in [1.29, 1.82) is 0 Å². The Morgan fingerprint density at radius 2 is 1.21 bits per heavy atom. The second-order valence-corrected chi connectivity index (χ2v) is 8.96. The van der Waals surface area contributed by atoms with E-state index in [0.717, 1.165) is 19.4 Å². The summed E-state index contributed by atoms with van der Waals surface area (Å²) in [7, 11) is 8.20. The number of rotatable bonds is 19. The standard InChI is InChI=1S/C24H50N2O2/c1-7-9-11-13-15-17-19-23(18-16-14-12-10-8-2)28-24(27)20-22(26(5)6)21-25(3)4/h22-23H,7-21H2,1-6H3. The van der Waals surface area contributed by atoms with Crippen LogP contribution in [0.1, 0.15) is 104 Å². The predicted molar refractivity (Wildman–Crippen MR) is 122 cm³/mol. The summed E-state index contributed by atoms with van der Waals surface area (Å²) in [6.07, 6.45) is 16.7. The fourth-order valence-corrected chi connectivity index (χ4v) is 3.65. The van der Waals surface area contributed by atoms with Crippen LogP contribution in [0.5, 0.6) is 0 Å². The number of likely N-dealkylation sites (N-methyl/N-ethyl adjacent to an activating group) is 2. The zero-order valence-electron chi connectivity index (χ0n) is 20.0. The van der Waals surface area contributed by atoms with Crippen LogP contribution in [0.4, 0.5) is 0 Å². The summed E-state index contributed by atoms with van der Waals surface area (Å²) in [5.41, 5.74) is 0. The van der Waals surface area contributed by atoms with Crippen molar-refractivity contribution in [3.05, 3.63) is 0 Å². The van der Waals surface area contributed by atoms with E-state index in [2.05, 4.69) is 37.7 Å². The third kappa shape index (κ3) is 16.4. The summed E-state index contributed by atoms with van der Waals surface area (Å²) >= 11 is 0. The largest absolute Gasteiger partial charge is 0.462 e. The molecule has 2 atom stereocenters. The normalized spacial score (nSPS) is 13.9. The molecule has 0 aliphatic rings. The number of hydrogen-bond acceptors (Lipinski definition) is 4. The van der Waals surface area contributed by atoms with Crippen molar-refractivity contribution in [2.75, 3.05) is 34.7 Å². The molecule has 0 aliphatic heterocycles. The van der Waals surface area contributed by atoms with E-state index in [-0.39, 0.29) is 18.1 Å².